The molecule has 3 aromatic carbocycles. The van der Waals surface area contributed by atoms with E-state index in [0.717, 1.165) is 5.56 Å². The molecule has 6 rings (SSSR count). The van der Waals surface area contributed by atoms with Gasteiger partial charge in [0.15, 0.2) is 18.1 Å². The van der Waals surface area contributed by atoms with Gasteiger partial charge >= 0.3 is 0 Å². The lowest BCUT2D eigenvalue weighted by Gasteiger charge is -2.26. The minimum atomic E-state index is -0.931. The van der Waals surface area contributed by atoms with Crippen LogP contribution in [0.15, 0.2) is 76.1 Å². The third-order valence-corrected chi connectivity index (χ3v) is 7.86. The van der Waals surface area contributed by atoms with Gasteiger partial charge in [-0.15, -0.1) is 0 Å². The number of nitrogens with zero attached hydrogens (tertiary/aromatic N) is 1. The second kappa shape index (κ2) is 12.6. The van der Waals surface area contributed by atoms with Crippen molar-refractivity contribution in [3.63, 3.8) is 0 Å². The molecule has 3 heterocycles. The first-order chi connectivity index (χ1) is 21.8. The van der Waals surface area contributed by atoms with Crippen molar-refractivity contribution in [2.75, 3.05) is 26.4 Å². The molecule has 4 N–H and O–H groups in total. The highest BCUT2D eigenvalue weighted by molar-refractivity contribution is 5.92. The van der Waals surface area contributed by atoms with E-state index >= 15 is 0 Å². The molecule has 1 aromatic heterocycles. The van der Waals surface area contributed by atoms with Crippen molar-refractivity contribution in [1.29, 1.82) is 0 Å². The third kappa shape index (κ3) is 6.26. The van der Waals surface area contributed by atoms with Crippen LogP contribution in [0.3, 0.4) is 0 Å². The van der Waals surface area contributed by atoms with E-state index in [1.54, 1.807) is 18.2 Å². The summed E-state index contributed by atoms with van der Waals surface area (Å²) in [6, 6.07) is 15.2. The molecule has 2 aliphatic heterocycles. The number of likely N-dealkylation sites (tertiary alicyclic amines) is 1. The van der Waals surface area contributed by atoms with Crippen LogP contribution >= 0.6 is 0 Å². The van der Waals surface area contributed by atoms with E-state index in [1.165, 1.54) is 23.3 Å². The predicted octanol–water partition coefficient (Wildman–Crippen LogP) is 2.52. The maximum Gasteiger partial charge on any atom is 0.261 e. The number of hydrogen-bond donors (Lipinski definition) is 3. The summed E-state index contributed by atoms with van der Waals surface area (Å²) in [6.07, 6.45) is 2.53. The Bertz CT molecular complexity index is 1820. The summed E-state index contributed by atoms with van der Waals surface area (Å²) in [4.78, 5) is 53.0. The van der Waals surface area contributed by atoms with Gasteiger partial charge in [0.1, 0.15) is 54.0 Å². The van der Waals surface area contributed by atoms with Crippen molar-refractivity contribution >= 4 is 28.7 Å². The van der Waals surface area contributed by atoms with Crippen LogP contribution in [0.25, 0.3) is 22.1 Å². The van der Waals surface area contributed by atoms with Crippen molar-refractivity contribution in [2.45, 2.75) is 31.3 Å². The number of nitrogens with one attached hydrogen (secondary N) is 1. The van der Waals surface area contributed by atoms with Gasteiger partial charge in [0.2, 0.25) is 17.2 Å². The molecule has 4 aromatic rings. The minimum absolute atomic E-state index is 0.0446. The van der Waals surface area contributed by atoms with Gasteiger partial charge in [0, 0.05) is 25.1 Å². The number of carbonyl (C=O) groups excluding carboxylic acids is 3. The molecule has 1 saturated heterocycles. The molecule has 0 radical (unpaired) electrons. The van der Waals surface area contributed by atoms with Gasteiger partial charge in [-0.3, -0.25) is 19.2 Å². The van der Waals surface area contributed by atoms with Gasteiger partial charge in [-0.05, 0) is 36.1 Å². The van der Waals surface area contributed by atoms with Crippen molar-refractivity contribution < 1.29 is 38.1 Å². The Morgan fingerprint density at radius 3 is 2.60 bits per heavy atom. The van der Waals surface area contributed by atoms with Gasteiger partial charge in [0.25, 0.3) is 5.91 Å². The molecule has 45 heavy (non-hydrogen) atoms. The number of carbonyl (C=O) groups is 3. The molecule has 0 saturated carbocycles. The number of benzene rings is 3. The van der Waals surface area contributed by atoms with Gasteiger partial charge in [-0.25, -0.2) is 0 Å². The summed E-state index contributed by atoms with van der Waals surface area (Å²) in [5, 5.41) is 13.4. The first-order valence-corrected chi connectivity index (χ1v) is 14.5. The maximum atomic E-state index is 13.3. The summed E-state index contributed by atoms with van der Waals surface area (Å²) in [7, 11) is 0. The summed E-state index contributed by atoms with van der Waals surface area (Å²) in [6.45, 7) is 0.734. The number of hydrogen-bond acceptors (Lipinski definition) is 9. The van der Waals surface area contributed by atoms with Crippen LogP contribution in [0, 0.1) is 0 Å². The molecule has 12 heteroatoms. The molecule has 0 aliphatic carbocycles. The Kier molecular flexibility index (Phi) is 8.28. The number of ether oxygens (including phenoxy) is 3. The number of rotatable bonds is 9. The van der Waals surface area contributed by atoms with Crippen LogP contribution in [0.2, 0.25) is 0 Å². The molecule has 2 aliphatic rings. The molecule has 2 atom stereocenters. The van der Waals surface area contributed by atoms with E-state index in [9.17, 15) is 24.3 Å². The van der Waals surface area contributed by atoms with Crippen LogP contribution < -0.4 is 30.7 Å². The molecule has 3 amide bonds. The third-order valence-electron chi connectivity index (χ3n) is 7.86. The van der Waals surface area contributed by atoms with Crippen LogP contribution in [-0.4, -0.2) is 66.2 Å². The Morgan fingerprint density at radius 2 is 1.82 bits per heavy atom. The summed E-state index contributed by atoms with van der Waals surface area (Å²) in [5.74, 6) is -0.798. The number of primary amides is 1. The van der Waals surface area contributed by atoms with E-state index in [-0.39, 0.29) is 34.5 Å². The predicted molar refractivity (Wildman–Crippen MR) is 162 cm³/mol. The van der Waals surface area contributed by atoms with Crippen LogP contribution in [0.4, 0.5) is 0 Å². The normalized spacial score (nSPS) is 16.3. The number of aromatic hydroxyl groups is 1. The van der Waals surface area contributed by atoms with Crippen molar-refractivity contribution in [3.05, 3.63) is 82.7 Å². The van der Waals surface area contributed by atoms with E-state index < -0.39 is 41.8 Å². The van der Waals surface area contributed by atoms with Crippen LogP contribution in [0.1, 0.15) is 18.4 Å². The topological polar surface area (TPSA) is 171 Å². The molecular weight excluding hydrogens is 582 g/mol. The van der Waals surface area contributed by atoms with Crippen molar-refractivity contribution in [1.82, 2.24) is 10.2 Å². The number of fused-ring (bicyclic) bond motifs is 2. The summed E-state index contributed by atoms with van der Waals surface area (Å²) >= 11 is 0. The molecule has 0 bridgehead atoms. The lowest BCUT2D eigenvalue weighted by Crippen LogP contribution is -2.53. The van der Waals surface area contributed by atoms with E-state index in [4.69, 9.17) is 24.4 Å². The maximum absolute atomic E-state index is 13.3. The summed E-state index contributed by atoms with van der Waals surface area (Å²) < 4.78 is 22.5. The van der Waals surface area contributed by atoms with Gasteiger partial charge in [-0.2, -0.15) is 0 Å². The fraction of sp³-hybridized carbons (Fsp3) is 0.273. The Morgan fingerprint density at radius 1 is 1.04 bits per heavy atom. The van der Waals surface area contributed by atoms with Gasteiger partial charge < -0.3 is 39.7 Å². The largest absolute Gasteiger partial charge is 0.507 e. The van der Waals surface area contributed by atoms with Crippen molar-refractivity contribution in [3.8, 4) is 34.1 Å². The number of nitrogens with two attached hydrogens (primary N) is 1. The molecule has 0 spiro atoms. The van der Waals surface area contributed by atoms with Crippen LogP contribution in [-0.2, 0) is 20.8 Å². The standard InChI is InChI=1S/C33H31N3O9/c34-32(40)23(13-19-5-2-1-3-6-19)35-33(41)24-7-4-10-36(24)29(38)18-44-21-15-25(37)30-28(16-21)45-17-22(31(30)39)20-8-9-26-27(14-20)43-12-11-42-26/h1-3,5-6,8-9,14-17,23-24,37H,4,7,10-13,18H2,(H2,34,40)(H,35,41)/t23-,24+/m1/s1. The highest BCUT2D eigenvalue weighted by atomic mass is 16.6. The smallest absolute Gasteiger partial charge is 0.261 e. The van der Waals surface area contributed by atoms with E-state index in [0.29, 0.717) is 49.7 Å². The second-order valence-electron chi connectivity index (χ2n) is 10.8. The average Bonchev–Trinajstić information content (AvgIpc) is 3.54. The van der Waals surface area contributed by atoms with Crippen LogP contribution in [0.5, 0.6) is 23.0 Å². The van der Waals surface area contributed by atoms with E-state index in [1.807, 2.05) is 30.3 Å². The Balaban J connectivity index is 1.13. The fourth-order valence-electron chi connectivity index (χ4n) is 5.61. The number of amides is 3. The lowest BCUT2D eigenvalue weighted by molar-refractivity contribution is -0.140. The number of phenols is 1. The zero-order chi connectivity index (χ0) is 31.5. The fourth-order valence-corrected chi connectivity index (χ4v) is 5.61. The summed E-state index contributed by atoms with van der Waals surface area (Å²) in [5.41, 5.74) is 6.75. The zero-order valence-corrected chi connectivity index (χ0v) is 24.2. The Hall–Kier alpha value is -5.52. The SMILES string of the molecule is NC(=O)[C@@H](Cc1ccccc1)NC(=O)[C@@H]1CCCN1C(=O)COc1cc(O)c2c(=O)c(-c3ccc4c(c3)OCCO4)coc2c1. The zero-order valence-electron chi connectivity index (χ0n) is 24.2. The molecule has 1 fully saturated rings. The second-order valence-corrected chi connectivity index (χ2v) is 10.8. The van der Waals surface area contributed by atoms with Crippen molar-refractivity contribution in [2.24, 2.45) is 5.73 Å². The van der Waals surface area contributed by atoms with E-state index in [2.05, 4.69) is 5.32 Å². The average molecular weight is 614 g/mol. The first-order valence-electron chi connectivity index (χ1n) is 14.5. The first kappa shape index (κ1) is 29.5. The lowest BCUT2D eigenvalue weighted by atomic mass is 10.0. The molecular formula is C33H31N3O9. The van der Waals surface area contributed by atoms with Gasteiger partial charge in [-0.1, -0.05) is 36.4 Å². The molecule has 0 unspecified atom stereocenters. The quantitative estimate of drug-likeness (QED) is 0.257. The molecule has 12 nitrogen and oxygen atoms in total. The number of phenolic OH excluding ortho intramolecular Hbond substituents is 1. The monoisotopic (exact) mass is 613 g/mol. The highest BCUT2D eigenvalue weighted by Gasteiger charge is 2.36. The minimum Gasteiger partial charge on any atom is -0.507 e. The van der Waals surface area contributed by atoms with Gasteiger partial charge in [0.05, 0.1) is 5.56 Å². The Labute approximate surface area is 257 Å². The molecule has 232 valence electrons. The highest BCUT2D eigenvalue weighted by Crippen LogP contribution is 2.35.